The predicted molar refractivity (Wildman–Crippen MR) is 174 cm³/mol. The fourth-order valence-corrected chi connectivity index (χ4v) is 7.25. The van der Waals surface area contributed by atoms with Crippen molar-refractivity contribution in [3.8, 4) is 32.8 Å². The Kier molecular flexibility index (Phi) is 7.92. The van der Waals surface area contributed by atoms with Gasteiger partial charge in [0.1, 0.15) is 38.8 Å². The van der Waals surface area contributed by atoms with E-state index in [1.807, 2.05) is 59.8 Å². The van der Waals surface area contributed by atoms with Crippen LogP contribution in [0.2, 0.25) is 0 Å². The summed E-state index contributed by atoms with van der Waals surface area (Å²) in [5.74, 6) is 1.39. The number of methoxy groups -OCH3 is 1. The number of aromatic nitrogens is 5. The Morgan fingerprint density at radius 2 is 1.84 bits per heavy atom. The molecule has 0 unspecified atom stereocenters. The van der Waals surface area contributed by atoms with Gasteiger partial charge in [-0.05, 0) is 46.2 Å². The van der Waals surface area contributed by atoms with E-state index in [9.17, 15) is 4.79 Å². The number of aryl methyl sites for hydroxylation is 1. The van der Waals surface area contributed by atoms with E-state index >= 15 is 0 Å². The van der Waals surface area contributed by atoms with Gasteiger partial charge in [-0.2, -0.15) is 5.10 Å². The van der Waals surface area contributed by atoms with Crippen molar-refractivity contribution in [2.24, 2.45) is 0 Å². The lowest BCUT2D eigenvalue weighted by molar-refractivity contribution is 0.0583. The van der Waals surface area contributed by atoms with Gasteiger partial charge in [0.05, 0.1) is 29.2 Å². The van der Waals surface area contributed by atoms with E-state index in [0.717, 1.165) is 60.1 Å². The Morgan fingerprint density at radius 3 is 2.53 bits per heavy atom. The second-order valence-corrected chi connectivity index (χ2v) is 14.1. The number of nitrogens with zero attached hydrogens (tertiary/aromatic N) is 6. The number of fused-ring (bicyclic) bond motifs is 2. The van der Waals surface area contributed by atoms with Crippen LogP contribution in [0.15, 0.2) is 48.0 Å². The van der Waals surface area contributed by atoms with Crippen LogP contribution in [0, 0.1) is 6.92 Å². The Hall–Kier alpha value is -3.87. The molecule has 0 N–H and O–H groups in total. The zero-order valence-corrected chi connectivity index (χ0v) is 27.3. The number of carbonyl (C=O) groups is 1. The molecule has 0 saturated heterocycles. The summed E-state index contributed by atoms with van der Waals surface area (Å²) in [5, 5.41) is 9.09. The Balaban J connectivity index is 1.19. The SMILES string of the molecule is CCCN(C(=O)c1ccc(-c2nc(COc3cc(OC)cc4nc(-c5cn6nc(C)sc6n5)sc34)cs2)cc1)C(C)(C)C. The molecule has 0 fully saturated rings. The van der Waals surface area contributed by atoms with E-state index in [4.69, 9.17) is 24.4 Å². The first-order chi connectivity index (χ1) is 20.6. The van der Waals surface area contributed by atoms with Crippen LogP contribution < -0.4 is 9.47 Å². The summed E-state index contributed by atoms with van der Waals surface area (Å²) in [7, 11) is 1.63. The summed E-state index contributed by atoms with van der Waals surface area (Å²) < 4.78 is 14.5. The lowest BCUT2D eigenvalue weighted by Gasteiger charge is -2.35. The molecule has 0 aliphatic carbocycles. The Morgan fingerprint density at radius 1 is 1.05 bits per heavy atom. The molecule has 4 aromatic heterocycles. The summed E-state index contributed by atoms with van der Waals surface area (Å²) in [6.07, 6.45) is 2.82. The van der Waals surface area contributed by atoms with Gasteiger partial charge in [0, 0.05) is 40.7 Å². The van der Waals surface area contributed by atoms with Crippen LogP contribution in [0.5, 0.6) is 11.5 Å². The molecule has 6 aromatic rings. The number of imidazole rings is 1. The molecule has 0 aliphatic heterocycles. The minimum atomic E-state index is -0.238. The fraction of sp³-hybridized carbons (Fsp3) is 0.323. The molecule has 222 valence electrons. The molecule has 43 heavy (non-hydrogen) atoms. The molecule has 6 rings (SSSR count). The van der Waals surface area contributed by atoms with Crippen LogP contribution in [0.1, 0.15) is 55.2 Å². The smallest absolute Gasteiger partial charge is 0.254 e. The highest BCUT2D eigenvalue weighted by Crippen LogP contribution is 2.39. The lowest BCUT2D eigenvalue weighted by atomic mass is 10.0. The van der Waals surface area contributed by atoms with Crippen LogP contribution in [-0.2, 0) is 6.61 Å². The number of rotatable bonds is 9. The topological polar surface area (TPSA) is 94.7 Å². The summed E-state index contributed by atoms with van der Waals surface area (Å²) in [5.41, 5.74) is 3.79. The van der Waals surface area contributed by atoms with Gasteiger partial charge < -0.3 is 14.4 Å². The molecule has 9 nitrogen and oxygen atoms in total. The molecule has 4 heterocycles. The molecule has 1 amide bonds. The average Bonchev–Trinajstić information content (AvgIpc) is 3.76. The van der Waals surface area contributed by atoms with Crippen molar-refractivity contribution < 1.29 is 14.3 Å². The van der Waals surface area contributed by atoms with E-state index in [1.54, 1.807) is 34.3 Å². The third kappa shape index (κ3) is 5.99. The Labute approximate surface area is 261 Å². The van der Waals surface area contributed by atoms with Crippen molar-refractivity contribution >= 4 is 55.1 Å². The summed E-state index contributed by atoms with van der Waals surface area (Å²) in [6, 6.07) is 11.5. The van der Waals surface area contributed by atoms with E-state index in [0.29, 0.717) is 23.7 Å². The van der Waals surface area contributed by atoms with Gasteiger partial charge in [-0.25, -0.2) is 19.5 Å². The highest BCUT2D eigenvalue weighted by molar-refractivity contribution is 7.22. The lowest BCUT2D eigenvalue weighted by Crippen LogP contribution is -2.46. The van der Waals surface area contributed by atoms with Crippen molar-refractivity contribution in [1.82, 2.24) is 29.5 Å². The minimum absolute atomic E-state index is 0.0458. The van der Waals surface area contributed by atoms with Gasteiger partial charge in [-0.1, -0.05) is 30.4 Å². The van der Waals surface area contributed by atoms with E-state index in [2.05, 4.69) is 32.8 Å². The maximum Gasteiger partial charge on any atom is 0.254 e. The standard InChI is InChI=1S/C31H32N6O3S3/c1-7-12-36(31(3,4)5)29(38)20-10-8-19(9-11-20)27-32-21(17-41-27)16-40-25-14-22(39-6)13-23-26(25)43-28(33-23)24-15-37-30(34-24)42-18(2)35-37/h8-11,13-15,17H,7,12,16H2,1-6H3. The number of thiazole rings is 2. The zero-order chi connectivity index (χ0) is 30.3. The highest BCUT2D eigenvalue weighted by atomic mass is 32.1. The maximum atomic E-state index is 13.2. The summed E-state index contributed by atoms with van der Waals surface area (Å²) in [4.78, 5) is 30.3. The molecule has 0 spiro atoms. The maximum absolute atomic E-state index is 13.2. The van der Waals surface area contributed by atoms with Crippen molar-refractivity contribution in [1.29, 1.82) is 0 Å². The van der Waals surface area contributed by atoms with Gasteiger partial charge >= 0.3 is 0 Å². The second-order valence-electron chi connectivity index (χ2n) is 11.1. The van der Waals surface area contributed by atoms with E-state index < -0.39 is 0 Å². The Bertz CT molecular complexity index is 1880. The van der Waals surface area contributed by atoms with E-state index in [1.165, 1.54) is 11.3 Å². The number of carbonyl (C=O) groups excluding carboxylic acids is 1. The first kappa shape index (κ1) is 29.2. The normalized spacial score (nSPS) is 11.9. The number of amides is 1. The third-order valence-electron chi connectivity index (χ3n) is 6.84. The van der Waals surface area contributed by atoms with Crippen molar-refractivity contribution in [3.63, 3.8) is 0 Å². The van der Waals surface area contributed by atoms with Crippen LogP contribution in [0.3, 0.4) is 0 Å². The summed E-state index contributed by atoms with van der Waals surface area (Å²) >= 11 is 4.62. The second kappa shape index (κ2) is 11.7. The fourth-order valence-electron chi connectivity index (χ4n) is 4.75. The van der Waals surface area contributed by atoms with Crippen molar-refractivity contribution in [2.75, 3.05) is 13.7 Å². The zero-order valence-electron chi connectivity index (χ0n) is 24.9. The summed E-state index contributed by atoms with van der Waals surface area (Å²) in [6.45, 7) is 11.3. The molecule has 0 atom stereocenters. The highest BCUT2D eigenvalue weighted by Gasteiger charge is 2.26. The molecule has 0 aliphatic rings. The van der Waals surface area contributed by atoms with Crippen LogP contribution in [0.4, 0.5) is 0 Å². The first-order valence-corrected chi connectivity index (χ1v) is 16.5. The van der Waals surface area contributed by atoms with Crippen LogP contribution >= 0.6 is 34.0 Å². The van der Waals surface area contributed by atoms with Gasteiger partial charge in [0.15, 0.2) is 0 Å². The van der Waals surface area contributed by atoms with Gasteiger partial charge in [-0.3, -0.25) is 4.79 Å². The quantitative estimate of drug-likeness (QED) is 0.161. The number of benzene rings is 2. The van der Waals surface area contributed by atoms with Crippen molar-refractivity contribution in [2.45, 2.75) is 53.2 Å². The molecule has 2 aromatic carbocycles. The van der Waals surface area contributed by atoms with Crippen LogP contribution in [-0.4, -0.2) is 54.6 Å². The van der Waals surface area contributed by atoms with Crippen molar-refractivity contribution in [3.05, 3.63) is 64.2 Å². The monoisotopic (exact) mass is 632 g/mol. The van der Waals surface area contributed by atoms with Gasteiger partial charge in [0.25, 0.3) is 5.91 Å². The number of hydrogen-bond acceptors (Lipinski definition) is 10. The molecule has 0 bridgehead atoms. The predicted octanol–water partition coefficient (Wildman–Crippen LogP) is 7.74. The molecule has 0 saturated carbocycles. The average molecular weight is 633 g/mol. The largest absolute Gasteiger partial charge is 0.497 e. The van der Waals surface area contributed by atoms with Gasteiger partial charge in [0.2, 0.25) is 4.96 Å². The first-order valence-electron chi connectivity index (χ1n) is 13.9. The number of hydrogen-bond donors (Lipinski definition) is 0. The third-order valence-corrected chi connectivity index (χ3v) is 9.72. The molecule has 0 radical (unpaired) electrons. The van der Waals surface area contributed by atoms with E-state index in [-0.39, 0.29) is 11.4 Å². The van der Waals surface area contributed by atoms with Gasteiger partial charge in [-0.15, -0.1) is 22.7 Å². The number of ether oxygens (including phenoxy) is 2. The van der Waals surface area contributed by atoms with Crippen LogP contribution in [0.25, 0.3) is 36.5 Å². The minimum Gasteiger partial charge on any atom is -0.497 e. The molecule has 12 heteroatoms. The molecular weight excluding hydrogens is 601 g/mol. The molecular formula is C31H32N6O3S3.